The number of nitrogens with zero attached hydrogens (tertiary/aromatic N) is 2. The predicted octanol–water partition coefficient (Wildman–Crippen LogP) is 2.73. The molecule has 3 rings (SSSR count). The quantitative estimate of drug-likeness (QED) is 0.496. The lowest BCUT2D eigenvalue weighted by molar-refractivity contribution is -0.385. The highest BCUT2D eigenvalue weighted by atomic mass is 16.6. The van der Waals surface area contributed by atoms with Gasteiger partial charge in [-0.25, -0.2) is 0 Å². The van der Waals surface area contributed by atoms with Crippen LogP contribution in [-0.4, -0.2) is 28.7 Å². The molecule has 1 aliphatic rings. The standard InChI is InChI=1S/C17H14N2O4/c1-18-16(20)10-14(17(18)21)13-9-12(7-8-15(13)19(22)23)11-5-3-2-4-6-11/h2-9,14H,10H2,1H3. The Morgan fingerprint density at radius 2 is 1.78 bits per heavy atom. The second-order valence-electron chi connectivity index (χ2n) is 5.44. The minimum absolute atomic E-state index is 0.0333. The summed E-state index contributed by atoms with van der Waals surface area (Å²) in [7, 11) is 1.40. The molecule has 0 spiro atoms. The van der Waals surface area contributed by atoms with Gasteiger partial charge in [-0.2, -0.15) is 0 Å². The third-order valence-electron chi connectivity index (χ3n) is 4.09. The highest BCUT2D eigenvalue weighted by molar-refractivity contribution is 6.06. The van der Waals surface area contributed by atoms with Crippen molar-refractivity contribution >= 4 is 17.5 Å². The number of rotatable bonds is 3. The molecule has 6 nitrogen and oxygen atoms in total. The van der Waals surface area contributed by atoms with Crippen LogP contribution in [0.1, 0.15) is 17.9 Å². The topological polar surface area (TPSA) is 80.5 Å². The summed E-state index contributed by atoms with van der Waals surface area (Å²) in [4.78, 5) is 35.8. The number of amides is 2. The Morgan fingerprint density at radius 3 is 2.35 bits per heavy atom. The van der Waals surface area contributed by atoms with Crippen molar-refractivity contribution in [3.8, 4) is 11.1 Å². The number of nitro groups is 1. The van der Waals surface area contributed by atoms with Crippen molar-refractivity contribution in [1.29, 1.82) is 0 Å². The second kappa shape index (κ2) is 5.64. The summed E-state index contributed by atoms with van der Waals surface area (Å²) < 4.78 is 0. The predicted molar refractivity (Wildman–Crippen MR) is 83.7 cm³/mol. The fourth-order valence-corrected chi connectivity index (χ4v) is 2.81. The summed E-state index contributed by atoms with van der Waals surface area (Å²) in [6.45, 7) is 0. The molecule has 0 bridgehead atoms. The number of imide groups is 1. The van der Waals surface area contributed by atoms with E-state index in [2.05, 4.69) is 0 Å². The van der Waals surface area contributed by atoms with Gasteiger partial charge in [0.1, 0.15) is 0 Å². The Bertz CT molecular complexity index is 801. The number of carbonyl (C=O) groups is 2. The monoisotopic (exact) mass is 310 g/mol. The summed E-state index contributed by atoms with van der Waals surface area (Å²) in [6, 6.07) is 14.1. The van der Waals surface area contributed by atoms with E-state index in [0.717, 1.165) is 16.0 Å². The number of carbonyl (C=O) groups excluding carboxylic acids is 2. The van der Waals surface area contributed by atoms with Crippen LogP contribution in [0.4, 0.5) is 5.69 Å². The lowest BCUT2D eigenvalue weighted by atomic mass is 9.92. The summed E-state index contributed by atoms with van der Waals surface area (Å²) >= 11 is 0. The van der Waals surface area contributed by atoms with Gasteiger partial charge in [-0.05, 0) is 23.3 Å². The Hall–Kier alpha value is -3.02. The van der Waals surface area contributed by atoms with E-state index < -0.39 is 16.7 Å². The van der Waals surface area contributed by atoms with Gasteiger partial charge in [0.25, 0.3) is 5.69 Å². The molecule has 1 heterocycles. The van der Waals surface area contributed by atoms with Crippen molar-refractivity contribution in [2.75, 3.05) is 7.05 Å². The summed E-state index contributed by atoms with van der Waals surface area (Å²) in [5, 5.41) is 11.3. The van der Waals surface area contributed by atoms with Crippen LogP contribution < -0.4 is 0 Å². The third-order valence-corrected chi connectivity index (χ3v) is 4.09. The fraction of sp³-hybridized carbons (Fsp3) is 0.176. The first-order valence-corrected chi connectivity index (χ1v) is 7.13. The lowest BCUT2D eigenvalue weighted by Gasteiger charge is -2.11. The Labute approximate surface area is 132 Å². The molecule has 2 aromatic carbocycles. The van der Waals surface area contributed by atoms with E-state index >= 15 is 0 Å². The van der Waals surface area contributed by atoms with Crippen LogP contribution in [0.5, 0.6) is 0 Å². The summed E-state index contributed by atoms with van der Waals surface area (Å²) in [5.74, 6) is -1.51. The SMILES string of the molecule is CN1C(=O)CC(c2cc(-c3ccccc3)ccc2[N+](=O)[O-])C1=O. The maximum absolute atomic E-state index is 12.2. The molecule has 0 saturated carbocycles. The molecule has 0 aliphatic carbocycles. The first kappa shape index (κ1) is 14.9. The van der Waals surface area contributed by atoms with Gasteiger partial charge in [-0.15, -0.1) is 0 Å². The average Bonchev–Trinajstić information content (AvgIpc) is 2.82. The van der Waals surface area contributed by atoms with E-state index in [4.69, 9.17) is 0 Å². The number of likely N-dealkylation sites (tertiary alicyclic amines) is 1. The van der Waals surface area contributed by atoms with E-state index in [0.29, 0.717) is 5.56 Å². The van der Waals surface area contributed by atoms with Gasteiger partial charge >= 0.3 is 0 Å². The molecule has 2 aromatic rings. The molecule has 23 heavy (non-hydrogen) atoms. The summed E-state index contributed by atoms with van der Waals surface area (Å²) in [5.41, 5.74) is 1.83. The van der Waals surface area contributed by atoms with Gasteiger partial charge in [-0.1, -0.05) is 30.3 Å². The molecule has 2 amide bonds. The largest absolute Gasteiger partial charge is 0.285 e. The van der Waals surface area contributed by atoms with Crippen molar-refractivity contribution in [3.05, 3.63) is 64.2 Å². The molecular formula is C17H14N2O4. The van der Waals surface area contributed by atoms with Crippen molar-refractivity contribution in [2.45, 2.75) is 12.3 Å². The summed E-state index contributed by atoms with van der Waals surface area (Å²) in [6.07, 6.45) is -0.0333. The van der Waals surface area contributed by atoms with Gasteiger partial charge in [0.05, 0.1) is 10.8 Å². The number of nitro benzene ring substituents is 1. The Kier molecular flexibility index (Phi) is 3.65. The minimum atomic E-state index is -0.795. The zero-order valence-corrected chi connectivity index (χ0v) is 12.4. The molecule has 1 fully saturated rings. The molecule has 0 radical (unpaired) electrons. The molecule has 1 saturated heterocycles. The number of hydrogen-bond donors (Lipinski definition) is 0. The molecule has 0 aromatic heterocycles. The maximum atomic E-state index is 12.2. The molecule has 116 valence electrons. The molecule has 6 heteroatoms. The number of benzene rings is 2. The van der Waals surface area contributed by atoms with E-state index in [-0.39, 0.29) is 18.0 Å². The maximum Gasteiger partial charge on any atom is 0.273 e. The second-order valence-corrected chi connectivity index (χ2v) is 5.44. The molecular weight excluding hydrogens is 296 g/mol. The van der Waals surface area contributed by atoms with E-state index in [9.17, 15) is 19.7 Å². The van der Waals surface area contributed by atoms with Gasteiger partial charge in [0, 0.05) is 25.1 Å². The number of hydrogen-bond acceptors (Lipinski definition) is 4. The van der Waals surface area contributed by atoms with Crippen molar-refractivity contribution in [1.82, 2.24) is 4.90 Å². The molecule has 1 unspecified atom stereocenters. The Morgan fingerprint density at radius 1 is 1.09 bits per heavy atom. The van der Waals surface area contributed by atoms with Crippen molar-refractivity contribution in [2.24, 2.45) is 0 Å². The first-order valence-electron chi connectivity index (χ1n) is 7.13. The third kappa shape index (κ3) is 2.59. The van der Waals surface area contributed by atoms with E-state index in [1.54, 1.807) is 12.1 Å². The van der Waals surface area contributed by atoms with E-state index in [1.807, 2.05) is 30.3 Å². The zero-order valence-electron chi connectivity index (χ0n) is 12.4. The van der Waals surface area contributed by atoms with Crippen LogP contribution in [0.3, 0.4) is 0 Å². The normalized spacial score (nSPS) is 17.6. The number of likely N-dealkylation sites (N-methyl/N-ethyl adjacent to an activating group) is 1. The highest BCUT2D eigenvalue weighted by Crippen LogP contribution is 2.37. The first-order chi connectivity index (χ1) is 11.0. The van der Waals surface area contributed by atoms with Gasteiger partial charge < -0.3 is 0 Å². The van der Waals surface area contributed by atoms with Crippen LogP contribution >= 0.6 is 0 Å². The van der Waals surface area contributed by atoms with Crippen LogP contribution in [0.15, 0.2) is 48.5 Å². The van der Waals surface area contributed by atoms with Crippen LogP contribution in [-0.2, 0) is 9.59 Å². The molecule has 0 N–H and O–H groups in total. The van der Waals surface area contributed by atoms with Gasteiger partial charge in [0.2, 0.25) is 11.8 Å². The smallest absolute Gasteiger partial charge is 0.273 e. The molecule has 1 aliphatic heterocycles. The molecule has 1 atom stereocenters. The van der Waals surface area contributed by atoms with Crippen LogP contribution in [0.25, 0.3) is 11.1 Å². The van der Waals surface area contributed by atoms with Crippen molar-refractivity contribution < 1.29 is 14.5 Å². The van der Waals surface area contributed by atoms with Gasteiger partial charge in [0.15, 0.2) is 0 Å². The average molecular weight is 310 g/mol. The lowest BCUT2D eigenvalue weighted by Crippen LogP contribution is -2.25. The Balaban J connectivity index is 2.12. The zero-order chi connectivity index (χ0) is 16.6. The minimum Gasteiger partial charge on any atom is -0.285 e. The van der Waals surface area contributed by atoms with E-state index in [1.165, 1.54) is 13.1 Å². The van der Waals surface area contributed by atoms with Crippen LogP contribution in [0.2, 0.25) is 0 Å². The van der Waals surface area contributed by atoms with Crippen molar-refractivity contribution in [3.63, 3.8) is 0 Å². The van der Waals surface area contributed by atoms with Gasteiger partial charge in [-0.3, -0.25) is 24.6 Å². The van der Waals surface area contributed by atoms with Crippen LogP contribution in [0, 0.1) is 10.1 Å². The fourth-order valence-electron chi connectivity index (χ4n) is 2.81. The highest BCUT2D eigenvalue weighted by Gasteiger charge is 2.40.